The number of aryl methyl sites for hydroxylation is 2. The number of benzene rings is 2. The first-order valence-electron chi connectivity index (χ1n) is 10.8. The number of ether oxygens (including phenoxy) is 1. The molecular formula is C25H27F2N3O. The predicted molar refractivity (Wildman–Crippen MR) is 118 cm³/mol. The molecule has 0 spiro atoms. The van der Waals surface area contributed by atoms with Crippen LogP contribution >= 0.6 is 0 Å². The molecule has 0 atom stereocenters. The van der Waals surface area contributed by atoms with Crippen LogP contribution in [-0.4, -0.2) is 29.7 Å². The maximum Gasteiger partial charge on any atom is 0.225 e. The average Bonchev–Trinajstić information content (AvgIpc) is 2.79. The minimum absolute atomic E-state index is 0.238. The van der Waals surface area contributed by atoms with Crippen molar-refractivity contribution in [2.24, 2.45) is 5.92 Å². The fourth-order valence-corrected chi connectivity index (χ4v) is 3.81. The van der Waals surface area contributed by atoms with Crippen molar-refractivity contribution in [3.63, 3.8) is 0 Å². The highest BCUT2D eigenvalue weighted by Crippen LogP contribution is 2.30. The molecule has 162 valence electrons. The summed E-state index contributed by atoms with van der Waals surface area (Å²) in [5, 5.41) is 0. The summed E-state index contributed by atoms with van der Waals surface area (Å²) in [6.45, 7) is 5.95. The molecule has 0 aliphatic carbocycles. The summed E-state index contributed by atoms with van der Waals surface area (Å²) in [4.78, 5) is 11.0. The van der Waals surface area contributed by atoms with Crippen molar-refractivity contribution in [1.82, 2.24) is 9.97 Å². The van der Waals surface area contributed by atoms with Crippen molar-refractivity contribution in [2.45, 2.75) is 33.1 Å². The van der Waals surface area contributed by atoms with Gasteiger partial charge in [-0.05, 0) is 60.9 Å². The molecule has 1 aromatic heterocycles. The van der Waals surface area contributed by atoms with Crippen molar-refractivity contribution in [1.29, 1.82) is 0 Å². The summed E-state index contributed by atoms with van der Waals surface area (Å²) in [5.74, 6) is -0.659. The van der Waals surface area contributed by atoms with Gasteiger partial charge in [0, 0.05) is 25.5 Å². The standard InChI is InChI=1S/C25H27F2N3O/c1-3-18-14-28-25(29-15-18)30-10-8-19(9-11-30)16-31-24-22(26)12-21(13-23(24)27)20-6-4-17(2)5-7-20/h4-7,12-15,19H,3,8-11,16H2,1-2H3. The van der Waals surface area contributed by atoms with Crippen LogP contribution in [0.25, 0.3) is 11.1 Å². The first-order valence-corrected chi connectivity index (χ1v) is 10.8. The summed E-state index contributed by atoms with van der Waals surface area (Å²) in [6, 6.07) is 10.2. The molecule has 1 saturated heterocycles. The first kappa shape index (κ1) is 21.2. The Balaban J connectivity index is 1.34. The van der Waals surface area contributed by atoms with Gasteiger partial charge in [0.05, 0.1) is 6.61 Å². The Bertz CT molecular complexity index is 991. The molecule has 0 bridgehead atoms. The second kappa shape index (κ2) is 9.41. The van der Waals surface area contributed by atoms with Gasteiger partial charge >= 0.3 is 0 Å². The zero-order valence-electron chi connectivity index (χ0n) is 17.9. The number of piperidine rings is 1. The number of halogens is 2. The van der Waals surface area contributed by atoms with Gasteiger partial charge in [0.1, 0.15) is 0 Å². The van der Waals surface area contributed by atoms with Crippen LogP contribution in [0.2, 0.25) is 0 Å². The third-order valence-electron chi connectivity index (χ3n) is 5.84. The Labute approximate surface area is 181 Å². The van der Waals surface area contributed by atoms with Crippen LogP contribution in [0.15, 0.2) is 48.8 Å². The lowest BCUT2D eigenvalue weighted by molar-refractivity contribution is 0.207. The second-order valence-electron chi connectivity index (χ2n) is 8.12. The molecule has 2 aromatic carbocycles. The van der Waals surface area contributed by atoms with Gasteiger partial charge in [-0.25, -0.2) is 18.7 Å². The monoisotopic (exact) mass is 423 g/mol. The molecule has 0 N–H and O–H groups in total. The third kappa shape index (κ3) is 5.01. The maximum atomic E-state index is 14.6. The fraction of sp³-hybridized carbons (Fsp3) is 0.360. The summed E-state index contributed by atoms with van der Waals surface area (Å²) in [5.41, 5.74) is 3.49. The first-order chi connectivity index (χ1) is 15.0. The molecule has 3 aromatic rings. The highest BCUT2D eigenvalue weighted by atomic mass is 19.1. The second-order valence-corrected chi connectivity index (χ2v) is 8.12. The van der Waals surface area contributed by atoms with E-state index in [4.69, 9.17) is 4.74 Å². The molecule has 0 amide bonds. The van der Waals surface area contributed by atoms with Crippen LogP contribution < -0.4 is 9.64 Å². The molecule has 2 heterocycles. The van der Waals surface area contributed by atoms with E-state index in [-0.39, 0.29) is 11.7 Å². The molecule has 1 fully saturated rings. The van der Waals surface area contributed by atoms with Gasteiger partial charge in [-0.15, -0.1) is 0 Å². The lowest BCUT2D eigenvalue weighted by Gasteiger charge is -2.31. The number of aromatic nitrogens is 2. The molecule has 1 aliphatic rings. The van der Waals surface area contributed by atoms with Gasteiger partial charge in [0.25, 0.3) is 0 Å². The van der Waals surface area contributed by atoms with Crippen LogP contribution in [0.3, 0.4) is 0 Å². The largest absolute Gasteiger partial charge is 0.487 e. The van der Waals surface area contributed by atoms with Crippen LogP contribution in [0.4, 0.5) is 14.7 Å². The van der Waals surface area contributed by atoms with Crippen LogP contribution in [-0.2, 0) is 6.42 Å². The van der Waals surface area contributed by atoms with Crippen LogP contribution in [0.1, 0.15) is 30.9 Å². The zero-order valence-corrected chi connectivity index (χ0v) is 17.9. The van der Waals surface area contributed by atoms with E-state index in [0.717, 1.165) is 55.0 Å². The average molecular weight is 424 g/mol. The molecule has 0 unspecified atom stereocenters. The van der Waals surface area contributed by atoms with Gasteiger partial charge in [-0.3, -0.25) is 0 Å². The van der Waals surface area contributed by atoms with Gasteiger partial charge in [-0.1, -0.05) is 36.8 Å². The quantitative estimate of drug-likeness (QED) is 0.518. The summed E-state index contributed by atoms with van der Waals surface area (Å²) in [6.07, 6.45) is 6.37. The van der Waals surface area contributed by atoms with Crippen LogP contribution in [0, 0.1) is 24.5 Å². The molecular weight excluding hydrogens is 396 g/mol. The van der Waals surface area contributed by atoms with E-state index in [2.05, 4.69) is 21.8 Å². The maximum absolute atomic E-state index is 14.6. The summed E-state index contributed by atoms with van der Waals surface area (Å²) < 4.78 is 34.8. The molecule has 4 nitrogen and oxygen atoms in total. The van der Waals surface area contributed by atoms with Gasteiger partial charge in [-0.2, -0.15) is 0 Å². The molecule has 0 radical (unpaired) electrons. The predicted octanol–water partition coefficient (Wildman–Crippen LogP) is 5.59. The Morgan fingerprint density at radius 1 is 0.968 bits per heavy atom. The van der Waals surface area contributed by atoms with Gasteiger partial charge in [0.15, 0.2) is 17.4 Å². The molecule has 31 heavy (non-hydrogen) atoms. The van der Waals surface area contributed by atoms with E-state index in [1.165, 1.54) is 12.1 Å². The number of rotatable bonds is 6. The van der Waals surface area contributed by atoms with Gasteiger partial charge < -0.3 is 9.64 Å². The highest BCUT2D eigenvalue weighted by molar-refractivity contribution is 5.65. The van der Waals surface area contributed by atoms with E-state index in [1.807, 2.05) is 43.6 Å². The fourth-order valence-electron chi connectivity index (χ4n) is 3.81. The Hall–Kier alpha value is -3.02. The lowest BCUT2D eigenvalue weighted by Crippen LogP contribution is -2.36. The molecule has 6 heteroatoms. The number of nitrogens with zero attached hydrogens (tertiary/aromatic N) is 3. The van der Waals surface area contributed by atoms with Crippen molar-refractivity contribution in [3.8, 4) is 16.9 Å². The van der Waals surface area contributed by atoms with E-state index in [9.17, 15) is 8.78 Å². The molecule has 0 saturated carbocycles. The third-order valence-corrected chi connectivity index (χ3v) is 5.84. The van der Waals surface area contributed by atoms with Crippen molar-refractivity contribution < 1.29 is 13.5 Å². The van der Waals surface area contributed by atoms with Crippen molar-refractivity contribution in [3.05, 3.63) is 71.6 Å². The molecule has 4 rings (SSSR count). The number of hydrogen-bond donors (Lipinski definition) is 0. The summed E-state index contributed by atoms with van der Waals surface area (Å²) >= 11 is 0. The highest BCUT2D eigenvalue weighted by Gasteiger charge is 2.23. The Morgan fingerprint density at radius 2 is 1.58 bits per heavy atom. The Kier molecular flexibility index (Phi) is 6.44. The minimum Gasteiger partial charge on any atom is -0.487 e. The van der Waals surface area contributed by atoms with Gasteiger partial charge in [0.2, 0.25) is 5.95 Å². The SMILES string of the molecule is CCc1cnc(N2CCC(COc3c(F)cc(-c4ccc(C)cc4)cc3F)CC2)nc1. The topological polar surface area (TPSA) is 38.2 Å². The summed E-state index contributed by atoms with van der Waals surface area (Å²) in [7, 11) is 0. The number of anilines is 1. The zero-order chi connectivity index (χ0) is 21.8. The van der Waals surface area contributed by atoms with E-state index in [0.29, 0.717) is 12.2 Å². The smallest absolute Gasteiger partial charge is 0.225 e. The number of hydrogen-bond acceptors (Lipinski definition) is 4. The van der Waals surface area contributed by atoms with E-state index < -0.39 is 11.6 Å². The van der Waals surface area contributed by atoms with Crippen molar-refractivity contribution >= 4 is 5.95 Å². The lowest BCUT2D eigenvalue weighted by atomic mass is 9.98. The Morgan fingerprint density at radius 3 is 2.16 bits per heavy atom. The van der Waals surface area contributed by atoms with E-state index in [1.54, 1.807) is 0 Å². The minimum atomic E-state index is -0.669. The van der Waals surface area contributed by atoms with Crippen LogP contribution in [0.5, 0.6) is 5.75 Å². The van der Waals surface area contributed by atoms with Crippen molar-refractivity contribution in [2.75, 3.05) is 24.6 Å². The van der Waals surface area contributed by atoms with E-state index >= 15 is 0 Å². The molecule has 1 aliphatic heterocycles. The normalized spacial score (nSPS) is 14.6.